The summed E-state index contributed by atoms with van der Waals surface area (Å²) < 4.78 is 18.9. The fourth-order valence-corrected chi connectivity index (χ4v) is 7.23. The summed E-state index contributed by atoms with van der Waals surface area (Å²) in [6.07, 6.45) is 0. The van der Waals surface area contributed by atoms with E-state index in [0.717, 1.165) is 19.1 Å². The predicted octanol–water partition coefficient (Wildman–Crippen LogP) is 4.73. The summed E-state index contributed by atoms with van der Waals surface area (Å²) in [5.41, 5.74) is 1.65. The Hall–Kier alpha value is -0.506. The van der Waals surface area contributed by atoms with Gasteiger partial charge in [-0.05, 0) is 47.1 Å². The maximum atomic E-state index is 6.52. The van der Waals surface area contributed by atoms with E-state index in [1.54, 1.807) is 0 Å². The lowest BCUT2D eigenvalue weighted by Gasteiger charge is -2.39. The molecule has 27 heavy (non-hydrogen) atoms. The molecule has 1 rings (SSSR count). The van der Waals surface area contributed by atoms with Crippen molar-refractivity contribution in [3.63, 3.8) is 0 Å². The summed E-state index contributed by atoms with van der Waals surface area (Å²) in [5, 5.41) is 0. The topological polar surface area (TPSA) is 30.9 Å². The molecule has 6 heteroatoms. The minimum absolute atomic E-state index is 0.0623. The number of hydrogen-bond acceptors (Lipinski definition) is 4. The molecule has 1 aromatic carbocycles. The largest absolute Gasteiger partial charge is 0.502 e. The standard InChI is InChI=1S/C21H41NO3Si2/c1-9-23-27(24-10-2,25-19(3)26(7)8)17-16-22(21(4,5)6)18-20-14-12-11-13-15-20/h11-15,19,26H,9-10,16-18H2,1-8H3. The highest BCUT2D eigenvalue weighted by Gasteiger charge is 2.43. The smallest absolute Gasteiger partial charge is 0.374 e. The SMILES string of the molecule is CCO[Si](CCN(Cc1ccccc1)C(C)(C)C)(OCC)OC(C)[SiH](C)C. The van der Waals surface area contributed by atoms with Crippen LogP contribution in [0.4, 0.5) is 0 Å². The average Bonchev–Trinajstić information content (AvgIpc) is 2.59. The van der Waals surface area contributed by atoms with Gasteiger partial charge in [0.2, 0.25) is 0 Å². The summed E-state index contributed by atoms with van der Waals surface area (Å²) >= 11 is 0. The molecule has 0 saturated heterocycles. The Labute approximate surface area is 170 Å². The van der Waals surface area contributed by atoms with Gasteiger partial charge in [0, 0.05) is 43.6 Å². The van der Waals surface area contributed by atoms with Crippen molar-refractivity contribution in [1.82, 2.24) is 4.90 Å². The summed E-state index contributed by atoms with van der Waals surface area (Å²) in [6.45, 7) is 20.8. The molecular formula is C21H41NO3Si2. The van der Waals surface area contributed by atoms with Crippen molar-refractivity contribution in [2.24, 2.45) is 0 Å². The summed E-state index contributed by atoms with van der Waals surface area (Å²) in [4.78, 5) is 2.50. The van der Waals surface area contributed by atoms with E-state index in [2.05, 4.69) is 76.0 Å². The lowest BCUT2D eigenvalue weighted by atomic mass is 10.0. The van der Waals surface area contributed by atoms with Crippen molar-refractivity contribution >= 4 is 17.6 Å². The second kappa shape index (κ2) is 11.5. The number of benzene rings is 1. The molecule has 0 fully saturated rings. The number of rotatable bonds is 12. The lowest BCUT2D eigenvalue weighted by molar-refractivity contribution is 0.0504. The van der Waals surface area contributed by atoms with Crippen molar-refractivity contribution in [2.45, 2.75) is 78.5 Å². The zero-order valence-corrected chi connectivity index (χ0v) is 20.9. The van der Waals surface area contributed by atoms with Crippen molar-refractivity contribution in [2.75, 3.05) is 19.8 Å². The molecule has 1 aromatic rings. The molecule has 0 aliphatic heterocycles. The number of hydrogen-bond donors (Lipinski definition) is 0. The third-order valence-corrected chi connectivity index (χ3v) is 10.2. The molecule has 0 aromatic heterocycles. The van der Waals surface area contributed by atoms with Crippen LogP contribution >= 0.6 is 0 Å². The van der Waals surface area contributed by atoms with E-state index in [1.165, 1.54) is 5.56 Å². The summed E-state index contributed by atoms with van der Waals surface area (Å²) in [6, 6.07) is 11.5. The fraction of sp³-hybridized carbons (Fsp3) is 0.714. The van der Waals surface area contributed by atoms with Gasteiger partial charge in [0.25, 0.3) is 0 Å². The Bertz CT molecular complexity index is 514. The first kappa shape index (κ1) is 24.5. The van der Waals surface area contributed by atoms with Gasteiger partial charge >= 0.3 is 8.80 Å². The van der Waals surface area contributed by atoms with Crippen molar-refractivity contribution in [1.29, 1.82) is 0 Å². The van der Waals surface area contributed by atoms with Gasteiger partial charge in [0.05, 0.1) is 8.80 Å². The minimum Gasteiger partial charge on any atom is -0.374 e. The summed E-state index contributed by atoms with van der Waals surface area (Å²) in [5.74, 6) is 0. The Balaban J connectivity index is 2.95. The lowest BCUT2D eigenvalue weighted by Crippen LogP contribution is -2.53. The van der Waals surface area contributed by atoms with Crippen LogP contribution in [0.2, 0.25) is 19.1 Å². The van der Waals surface area contributed by atoms with Crippen LogP contribution in [-0.2, 0) is 19.8 Å². The maximum absolute atomic E-state index is 6.52. The van der Waals surface area contributed by atoms with Crippen LogP contribution in [0, 0.1) is 0 Å². The van der Waals surface area contributed by atoms with Crippen LogP contribution in [0.5, 0.6) is 0 Å². The predicted molar refractivity (Wildman–Crippen MR) is 120 cm³/mol. The van der Waals surface area contributed by atoms with Gasteiger partial charge in [-0.3, -0.25) is 4.90 Å². The van der Waals surface area contributed by atoms with Crippen LogP contribution in [0.3, 0.4) is 0 Å². The highest BCUT2D eigenvalue weighted by atomic mass is 28.4. The minimum atomic E-state index is -2.69. The quantitative estimate of drug-likeness (QED) is 0.465. The molecule has 0 heterocycles. The van der Waals surface area contributed by atoms with E-state index < -0.39 is 17.6 Å². The Morgan fingerprint density at radius 1 is 1.04 bits per heavy atom. The maximum Gasteiger partial charge on any atom is 0.502 e. The molecule has 156 valence electrons. The van der Waals surface area contributed by atoms with Gasteiger partial charge in [-0.2, -0.15) is 0 Å². The van der Waals surface area contributed by atoms with Crippen LogP contribution in [-0.4, -0.2) is 53.5 Å². The molecular weight excluding hydrogens is 370 g/mol. The van der Waals surface area contributed by atoms with Gasteiger partial charge in [-0.15, -0.1) is 0 Å². The van der Waals surface area contributed by atoms with E-state index in [-0.39, 0.29) is 11.3 Å². The molecule has 0 saturated carbocycles. The van der Waals surface area contributed by atoms with E-state index in [0.29, 0.717) is 13.2 Å². The summed E-state index contributed by atoms with van der Waals surface area (Å²) in [7, 11) is -3.60. The van der Waals surface area contributed by atoms with Crippen LogP contribution in [0.1, 0.15) is 47.1 Å². The van der Waals surface area contributed by atoms with Gasteiger partial charge in [0.15, 0.2) is 0 Å². The van der Waals surface area contributed by atoms with E-state index in [4.69, 9.17) is 13.3 Å². The Kier molecular flexibility index (Phi) is 10.4. The molecule has 0 bridgehead atoms. The van der Waals surface area contributed by atoms with Crippen molar-refractivity contribution < 1.29 is 13.3 Å². The average molecular weight is 412 g/mol. The first-order valence-electron chi connectivity index (χ1n) is 10.4. The van der Waals surface area contributed by atoms with Crippen molar-refractivity contribution in [3.8, 4) is 0 Å². The molecule has 0 aliphatic carbocycles. The molecule has 0 aliphatic rings. The molecule has 1 atom stereocenters. The first-order valence-corrected chi connectivity index (χ1v) is 15.3. The van der Waals surface area contributed by atoms with Gasteiger partial charge < -0.3 is 13.3 Å². The molecule has 0 radical (unpaired) electrons. The molecule has 0 N–H and O–H groups in total. The highest BCUT2D eigenvalue weighted by molar-refractivity contribution is 6.63. The van der Waals surface area contributed by atoms with Crippen LogP contribution in [0.25, 0.3) is 0 Å². The Morgan fingerprint density at radius 3 is 2.04 bits per heavy atom. The number of nitrogens with zero attached hydrogens (tertiary/aromatic N) is 1. The highest BCUT2D eigenvalue weighted by Crippen LogP contribution is 2.24. The van der Waals surface area contributed by atoms with Gasteiger partial charge in [0.1, 0.15) is 0 Å². The molecule has 4 nitrogen and oxygen atoms in total. The monoisotopic (exact) mass is 411 g/mol. The second-order valence-corrected chi connectivity index (χ2v) is 14.5. The van der Waals surface area contributed by atoms with E-state index in [1.807, 2.05) is 13.8 Å². The fourth-order valence-electron chi connectivity index (χ4n) is 2.90. The molecule has 0 spiro atoms. The zero-order chi connectivity index (χ0) is 20.5. The van der Waals surface area contributed by atoms with E-state index >= 15 is 0 Å². The molecule has 1 unspecified atom stereocenters. The van der Waals surface area contributed by atoms with Gasteiger partial charge in [-0.1, -0.05) is 43.4 Å². The third-order valence-electron chi connectivity index (χ3n) is 4.89. The van der Waals surface area contributed by atoms with Crippen molar-refractivity contribution in [3.05, 3.63) is 35.9 Å². The molecule has 0 amide bonds. The first-order chi connectivity index (χ1) is 12.6. The zero-order valence-electron chi connectivity index (χ0n) is 18.7. The van der Waals surface area contributed by atoms with Crippen LogP contribution < -0.4 is 0 Å². The third kappa shape index (κ3) is 8.58. The van der Waals surface area contributed by atoms with Crippen LogP contribution in [0.15, 0.2) is 30.3 Å². The second-order valence-electron chi connectivity index (χ2n) is 8.44. The normalized spacial score (nSPS) is 14.1. The Morgan fingerprint density at radius 2 is 1.59 bits per heavy atom. The van der Waals surface area contributed by atoms with E-state index in [9.17, 15) is 0 Å². The van der Waals surface area contributed by atoms with Gasteiger partial charge in [-0.25, -0.2) is 0 Å².